The maximum absolute atomic E-state index is 11.8. The number of aliphatic hydroxyl groups excluding tert-OH is 1. The number of thioether (sulfide) groups is 1. The van der Waals surface area contributed by atoms with Gasteiger partial charge in [0.15, 0.2) is 0 Å². The number of aliphatic hydroxyl groups is 1. The minimum absolute atomic E-state index is 0.000816. The highest BCUT2D eigenvalue weighted by molar-refractivity contribution is 7.98. The molecule has 0 aliphatic carbocycles. The van der Waals surface area contributed by atoms with Crippen LogP contribution in [0.3, 0.4) is 0 Å². The molecule has 0 unspecified atom stereocenters. The number of nitrogens with zero attached hydrogens (tertiary/aromatic N) is 1. The van der Waals surface area contributed by atoms with Crippen molar-refractivity contribution >= 4 is 11.8 Å². The molecule has 1 aromatic carbocycles. The summed E-state index contributed by atoms with van der Waals surface area (Å²) in [4.78, 5) is 26.7. The van der Waals surface area contributed by atoms with E-state index in [1.54, 1.807) is 0 Å². The van der Waals surface area contributed by atoms with Crippen LogP contribution in [0.25, 0.3) is 0 Å². The number of ether oxygens (including phenoxy) is 1. The van der Waals surface area contributed by atoms with Crippen LogP contribution >= 0.6 is 11.8 Å². The van der Waals surface area contributed by atoms with Crippen LogP contribution in [0.15, 0.2) is 51.0 Å². The molecule has 0 atom stereocenters. The number of H-pyrrole nitrogens is 1. The van der Waals surface area contributed by atoms with E-state index in [1.165, 1.54) is 22.5 Å². The average molecular weight is 308 g/mol. The summed E-state index contributed by atoms with van der Waals surface area (Å²) in [5.74, 6) is 0.458. The summed E-state index contributed by atoms with van der Waals surface area (Å²) in [6.07, 6.45) is 1.49. The van der Waals surface area contributed by atoms with Gasteiger partial charge in [0.05, 0.1) is 13.2 Å². The van der Waals surface area contributed by atoms with Gasteiger partial charge in [-0.15, -0.1) is 11.8 Å². The molecule has 0 radical (unpaired) electrons. The van der Waals surface area contributed by atoms with Gasteiger partial charge in [-0.3, -0.25) is 14.3 Å². The zero-order chi connectivity index (χ0) is 15.1. The third-order valence-electron chi connectivity index (χ3n) is 2.69. The molecule has 0 aliphatic heterocycles. The number of benzene rings is 1. The molecule has 7 heteroatoms. The first kappa shape index (κ1) is 15.6. The molecule has 2 aromatic rings. The molecule has 0 bridgehead atoms. The average Bonchev–Trinajstić information content (AvgIpc) is 2.49. The predicted octanol–water partition coefficient (Wildman–Crippen LogP) is 0.795. The lowest BCUT2D eigenvalue weighted by Gasteiger charge is -2.07. The molecular weight excluding hydrogens is 292 g/mol. The molecule has 1 aromatic heterocycles. The summed E-state index contributed by atoms with van der Waals surface area (Å²) in [6.45, 7) is 0.0215. The second-order valence-corrected chi connectivity index (χ2v) is 5.29. The molecule has 0 spiro atoms. The lowest BCUT2D eigenvalue weighted by atomic mass is 10.4. The van der Waals surface area contributed by atoms with Crippen LogP contribution < -0.4 is 11.2 Å². The first-order chi connectivity index (χ1) is 10.2. The zero-order valence-electron chi connectivity index (χ0n) is 11.3. The maximum Gasteiger partial charge on any atom is 0.330 e. The number of rotatable bonds is 7. The van der Waals surface area contributed by atoms with Gasteiger partial charge < -0.3 is 9.84 Å². The molecule has 0 aliphatic rings. The van der Waals surface area contributed by atoms with E-state index >= 15 is 0 Å². The minimum atomic E-state index is -0.522. The third kappa shape index (κ3) is 4.59. The predicted molar refractivity (Wildman–Crippen MR) is 80.4 cm³/mol. The minimum Gasteiger partial charge on any atom is -0.394 e. The molecule has 2 N–H and O–H groups in total. The highest BCUT2D eigenvalue weighted by Crippen LogP contribution is 2.20. The van der Waals surface area contributed by atoms with Gasteiger partial charge in [0, 0.05) is 22.4 Å². The van der Waals surface area contributed by atoms with Crippen molar-refractivity contribution in [3.63, 3.8) is 0 Å². The number of hydrogen-bond donors (Lipinski definition) is 2. The molecule has 2 rings (SSSR count). The molecule has 0 amide bonds. The summed E-state index contributed by atoms with van der Waals surface area (Å²) in [5.41, 5.74) is -0.413. The van der Waals surface area contributed by atoms with Gasteiger partial charge in [0.2, 0.25) is 0 Å². The van der Waals surface area contributed by atoms with E-state index in [4.69, 9.17) is 9.84 Å². The Bertz CT molecular complexity index is 681. The molecule has 0 fully saturated rings. The van der Waals surface area contributed by atoms with Gasteiger partial charge in [0.25, 0.3) is 5.56 Å². The largest absolute Gasteiger partial charge is 0.394 e. The van der Waals surface area contributed by atoms with Crippen LogP contribution in [0, 0.1) is 0 Å². The van der Waals surface area contributed by atoms with Gasteiger partial charge in [-0.2, -0.15) is 0 Å². The van der Waals surface area contributed by atoms with E-state index in [0.29, 0.717) is 11.3 Å². The topological polar surface area (TPSA) is 84.3 Å². The SMILES string of the molecule is O=c1[nH]c(=O)n(COCCO)cc1CSc1ccccc1. The molecule has 0 saturated carbocycles. The fraction of sp³-hybridized carbons (Fsp3) is 0.286. The maximum atomic E-state index is 11.8. The van der Waals surface area contributed by atoms with Gasteiger partial charge in [0.1, 0.15) is 6.73 Å². The van der Waals surface area contributed by atoms with Crippen molar-refractivity contribution in [1.29, 1.82) is 0 Å². The molecule has 1 heterocycles. The summed E-state index contributed by atoms with van der Waals surface area (Å²) >= 11 is 1.51. The third-order valence-corrected chi connectivity index (χ3v) is 3.75. The van der Waals surface area contributed by atoms with Crippen molar-refractivity contribution in [1.82, 2.24) is 9.55 Å². The van der Waals surface area contributed by atoms with E-state index in [2.05, 4.69) is 4.98 Å². The Hall–Kier alpha value is -1.83. The Kier molecular flexibility index (Phi) is 5.79. The Morgan fingerprint density at radius 1 is 1.24 bits per heavy atom. The van der Waals surface area contributed by atoms with E-state index in [-0.39, 0.29) is 25.5 Å². The summed E-state index contributed by atoms with van der Waals surface area (Å²) in [5, 5.41) is 8.65. The van der Waals surface area contributed by atoms with E-state index in [0.717, 1.165) is 4.90 Å². The van der Waals surface area contributed by atoms with Crippen LogP contribution in [-0.4, -0.2) is 27.9 Å². The fourth-order valence-electron chi connectivity index (χ4n) is 1.66. The van der Waals surface area contributed by atoms with Crippen molar-refractivity contribution in [3.8, 4) is 0 Å². The van der Waals surface area contributed by atoms with Crippen LogP contribution in [-0.2, 0) is 17.2 Å². The highest BCUT2D eigenvalue weighted by atomic mass is 32.2. The lowest BCUT2D eigenvalue weighted by molar-refractivity contribution is 0.0455. The van der Waals surface area contributed by atoms with E-state index in [1.807, 2.05) is 30.3 Å². The molecular formula is C14H16N2O4S. The summed E-state index contributed by atoms with van der Waals surface area (Å²) < 4.78 is 6.37. The normalized spacial score (nSPS) is 10.7. The molecule has 6 nitrogen and oxygen atoms in total. The van der Waals surface area contributed by atoms with Crippen LogP contribution in [0.1, 0.15) is 5.56 Å². The van der Waals surface area contributed by atoms with Crippen molar-refractivity contribution < 1.29 is 9.84 Å². The Labute approximate surface area is 125 Å². The van der Waals surface area contributed by atoms with Crippen LogP contribution in [0.2, 0.25) is 0 Å². The first-order valence-corrected chi connectivity index (χ1v) is 7.38. The number of nitrogens with one attached hydrogen (secondary N) is 1. The van der Waals surface area contributed by atoms with Gasteiger partial charge >= 0.3 is 5.69 Å². The first-order valence-electron chi connectivity index (χ1n) is 6.40. The summed E-state index contributed by atoms with van der Waals surface area (Å²) in [7, 11) is 0. The van der Waals surface area contributed by atoms with Crippen molar-refractivity contribution in [2.75, 3.05) is 13.2 Å². The Morgan fingerprint density at radius 2 is 2.00 bits per heavy atom. The van der Waals surface area contributed by atoms with E-state index < -0.39 is 5.69 Å². The molecule has 21 heavy (non-hydrogen) atoms. The Balaban J connectivity index is 2.10. The second kappa shape index (κ2) is 7.82. The van der Waals surface area contributed by atoms with Gasteiger partial charge in [-0.1, -0.05) is 18.2 Å². The van der Waals surface area contributed by atoms with Crippen LogP contribution in [0.4, 0.5) is 0 Å². The monoisotopic (exact) mass is 308 g/mol. The number of aromatic amines is 1. The molecule has 112 valence electrons. The van der Waals surface area contributed by atoms with Crippen molar-refractivity contribution in [3.05, 3.63) is 62.9 Å². The zero-order valence-corrected chi connectivity index (χ0v) is 12.1. The van der Waals surface area contributed by atoms with Crippen LogP contribution in [0.5, 0.6) is 0 Å². The lowest BCUT2D eigenvalue weighted by Crippen LogP contribution is -2.32. The van der Waals surface area contributed by atoms with E-state index in [9.17, 15) is 9.59 Å². The second-order valence-electron chi connectivity index (χ2n) is 4.25. The summed E-state index contributed by atoms with van der Waals surface area (Å²) in [6, 6.07) is 9.69. The van der Waals surface area contributed by atoms with Gasteiger partial charge in [-0.05, 0) is 12.1 Å². The quantitative estimate of drug-likeness (QED) is 0.584. The number of aromatic nitrogens is 2. The highest BCUT2D eigenvalue weighted by Gasteiger charge is 2.05. The smallest absolute Gasteiger partial charge is 0.330 e. The standard InChI is InChI=1S/C14H16N2O4S/c17-6-7-20-10-16-8-11(13(18)15-14(16)19)9-21-12-4-2-1-3-5-12/h1-5,8,17H,6-7,9-10H2,(H,15,18,19). The number of hydrogen-bond acceptors (Lipinski definition) is 5. The fourth-order valence-corrected chi connectivity index (χ4v) is 2.54. The molecule has 0 saturated heterocycles. The van der Waals surface area contributed by atoms with Crippen molar-refractivity contribution in [2.45, 2.75) is 17.4 Å². The Morgan fingerprint density at radius 3 is 2.71 bits per heavy atom. The van der Waals surface area contributed by atoms with Crippen molar-refractivity contribution in [2.24, 2.45) is 0 Å². The van der Waals surface area contributed by atoms with Gasteiger partial charge in [-0.25, -0.2) is 4.79 Å².